The molecule has 0 spiro atoms. The van der Waals surface area contributed by atoms with E-state index in [0.717, 1.165) is 11.7 Å². The number of rotatable bonds is 4. The van der Waals surface area contributed by atoms with Crippen LogP contribution in [0.25, 0.3) is 0 Å². The van der Waals surface area contributed by atoms with Crippen molar-refractivity contribution in [2.75, 3.05) is 5.73 Å². The number of nitrogen functional groups attached to an aromatic ring is 1. The predicted molar refractivity (Wildman–Crippen MR) is 65.1 cm³/mol. The average molecular weight is 222 g/mol. The number of anilines is 1. The summed E-state index contributed by atoms with van der Waals surface area (Å²) < 4.78 is 5.25. The number of unbranched alkanes of at least 4 members (excludes halogenated alkanes) is 1. The molecule has 1 aromatic rings. The molecule has 1 fully saturated rings. The number of nitrogens with two attached hydrogens (primary N) is 1. The molecule has 1 aromatic heterocycles. The average Bonchev–Trinajstić information content (AvgIpc) is 2.74. The molecular formula is C13H22N2O. The Morgan fingerprint density at radius 3 is 2.69 bits per heavy atom. The molecule has 0 aromatic carbocycles. The minimum Gasteiger partial charge on any atom is -0.381 e. The van der Waals surface area contributed by atoms with E-state index in [9.17, 15) is 0 Å². The van der Waals surface area contributed by atoms with Crippen LogP contribution < -0.4 is 5.73 Å². The first-order valence-corrected chi connectivity index (χ1v) is 6.51. The molecule has 2 N–H and O–H groups in total. The van der Waals surface area contributed by atoms with Crippen molar-refractivity contribution in [1.29, 1.82) is 0 Å². The van der Waals surface area contributed by atoms with Gasteiger partial charge in [0.25, 0.3) is 0 Å². The highest BCUT2D eigenvalue weighted by atomic mass is 16.5. The molecule has 0 bridgehead atoms. The van der Waals surface area contributed by atoms with Crippen LogP contribution in [0.1, 0.15) is 63.5 Å². The van der Waals surface area contributed by atoms with Crippen LogP contribution in [0.5, 0.6) is 0 Å². The molecule has 16 heavy (non-hydrogen) atoms. The van der Waals surface area contributed by atoms with Gasteiger partial charge in [0, 0.05) is 12.0 Å². The van der Waals surface area contributed by atoms with Crippen LogP contribution in [0.2, 0.25) is 0 Å². The summed E-state index contributed by atoms with van der Waals surface area (Å²) in [6, 6.07) is 1.89. The number of hydrogen-bond donors (Lipinski definition) is 1. The smallest absolute Gasteiger partial charge is 0.167 e. The lowest BCUT2D eigenvalue weighted by atomic mass is 9.79. The molecular weight excluding hydrogens is 200 g/mol. The summed E-state index contributed by atoms with van der Waals surface area (Å²) in [6.07, 6.45) is 9.26. The molecule has 0 unspecified atom stereocenters. The van der Waals surface area contributed by atoms with Crippen molar-refractivity contribution in [3.05, 3.63) is 11.8 Å². The maximum atomic E-state index is 5.57. The Bertz CT molecular complexity index is 313. The Morgan fingerprint density at radius 2 is 2.12 bits per heavy atom. The van der Waals surface area contributed by atoms with Gasteiger partial charge in [0.05, 0.1) is 0 Å². The molecule has 1 heterocycles. The van der Waals surface area contributed by atoms with Crippen LogP contribution in [0.4, 0.5) is 5.82 Å². The summed E-state index contributed by atoms with van der Waals surface area (Å²) in [5.74, 6) is 3.01. The normalized spacial score (nSPS) is 25.8. The highest BCUT2D eigenvalue weighted by Gasteiger charge is 2.24. The quantitative estimate of drug-likeness (QED) is 0.844. The Labute approximate surface area is 97.4 Å². The lowest BCUT2D eigenvalue weighted by Gasteiger charge is -2.26. The molecule has 1 saturated carbocycles. The van der Waals surface area contributed by atoms with Gasteiger partial charge in [-0.05, 0) is 31.6 Å². The van der Waals surface area contributed by atoms with Crippen molar-refractivity contribution in [3.63, 3.8) is 0 Å². The Morgan fingerprint density at radius 1 is 1.38 bits per heavy atom. The third kappa shape index (κ3) is 2.77. The second-order valence-corrected chi connectivity index (χ2v) is 5.01. The lowest BCUT2D eigenvalue weighted by Crippen LogP contribution is -2.12. The summed E-state index contributed by atoms with van der Waals surface area (Å²) >= 11 is 0. The van der Waals surface area contributed by atoms with Gasteiger partial charge in [-0.15, -0.1) is 0 Å². The van der Waals surface area contributed by atoms with Crippen molar-refractivity contribution < 1.29 is 4.52 Å². The highest BCUT2D eigenvalue weighted by molar-refractivity contribution is 5.28. The van der Waals surface area contributed by atoms with E-state index in [1.54, 1.807) is 0 Å². The predicted octanol–water partition coefficient (Wildman–Crippen LogP) is 3.72. The van der Waals surface area contributed by atoms with Gasteiger partial charge in [0.2, 0.25) is 0 Å². The summed E-state index contributed by atoms with van der Waals surface area (Å²) in [5, 5.41) is 3.76. The molecule has 1 aliphatic carbocycles. The molecule has 0 radical (unpaired) electrons. The largest absolute Gasteiger partial charge is 0.381 e. The standard InChI is InChI=1S/C13H22N2O/c1-2-3-4-10-5-7-11(8-6-10)12-9-13(14)15-16-12/h9-11H,2-8H2,1H3,(H2,14,15). The van der Waals surface area contributed by atoms with E-state index >= 15 is 0 Å². The summed E-state index contributed by atoms with van der Waals surface area (Å²) in [7, 11) is 0. The van der Waals surface area contributed by atoms with Crippen molar-refractivity contribution in [1.82, 2.24) is 5.16 Å². The molecule has 0 aliphatic heterocycles. The van der Waals surface area contributed by atoms with Gasteiger partial charge in [-0.25, -0.2) is 0 Å². The van der Waals surface area contributed by atoms with E-state index in [1.807, 2.05) is 6.07 Å². The first kappa shape index (κ1) is 11.5. The van der Waals surface area contributed by atoms with Gasteiger partial charge < -0.3 is 10.3 Å². The van der Waals surface area contributed by atoms with Crippen LogP contribution in [0.3, 0.4) is 0 Å². The van der Waals surface area contributed by atoms with Crippen molar-refractivity contribution in [2.45, 2.75) is 57.8 Å². The molecule has 1 aliphatic rings. The first-order chi connectivity index (χ1) is 7.79. The fraction of sp³-hybridized carbons (Fsp3) is 0.769. The fourth-order valence-electron chi connectivity index (χ4n) is 2.72. The van der Waals surface area contributed by atoms with Gasteiger partial charge in [-0.2, -0.15) is 0 Å². The summed E-state index contributed by atoms with van der Waals surface area (Å²) in [6.45, 7) is 2.27. The maximum Gasteiger partial charge on any atom is 0.167 e. The van der Waals surface area contributed by atoms with Gasteiger partial charge in [-0.3, -0.25) is 0 Å². The molecule has 3 heteroatoms. The SMILES string of the molecule is CCCCC1CCC(c2cc(N)no2)CC1. The lowest BCUT2D eigenvalue weighted by molar-refractivity contribution is 0.266. The summed E-state index contributed by atoms with van der Waals surface area (Å²) in [5.41, 5.74) is 5.57. The molecule has 2 rings (SSSR count). The van der Waals surface area contributed by atoms with E-state index in [2.05, 4.69) is 12.1 Å². The maximum absolute atomic E-state index is 5.57. The van der Waals surface area contributed by atoms with E-state index < -0.39 is 0 Å². The number of aromatic nitrogens is 1. The van der Waals surface area contributed by atoms with Crippen molar-refractivity contribution in [3.8, 4) is 0 Å². The van der Waals surface area contributed by atoms with Crippen molar-refractivity contribution >= 4 is 5.82 Å². The Hall–Kier alpha value is -0.990. The second-order valence-electron chi connectivity index (χ2n) is 5.01. The zero-order chi connectivity index (χ0) is 11.4. The third-order valence-electron chi connectivity index (χ3n) is 3.76. The zero-order valence-corrected chi connectivity index (χ0v) is 10.1. The van der Waals surface area contributed by atoms with Crippen LogP contribution >= 0.6 is 0 Å². The molecule has 3 nitrogen and oxygen atoms in total. The second kappa shape index (κ2) is 5.37. The number of hydrogen-bond acceptors (Lipinski definition) is 3. The molecule has 0 atom stereocenters. The molecule has 90 valence electrons. The van der Waals surface area contributed by atoms with Crippen LogP contribution in [-0.4, -0.2) is 5.16 Å². The Kier molecular flexibility index (Phi) is 3.86. The summed E-state index contributed by atoms with van der Waals surface area (Å²) in [4.78, 5) is 0. The van der Waals surface area contributed by atoms with E-state index in [-0.39, 0.29) is 0 Å². The molecule has 0 saturated heterocycles. The monoisotopic (exact) mass is 222 g/mol. The van der Waals surface area contributed by atoms with E-state index in [0.29, 0.717) is 11.7 Å². The molecule has 0 amide bonds. The van der Waals surface area contributed by atoms with Gasteiger partial charge in [0.1, 0.15) is 5.76 Å². The first-order valence-electron chi connectivity index (χ1n) is 6.51. The van der Waals surface area contributed by atoms with Crippen LogP contribution in [-0.2, 0) is 0 Å². The van der Waals surface area contributed by atoms with E-state index in [1.165, 1.54) is 44.9 Å². The topological polar surface area (TPSA) is 52.0 Å². The fourth-order valence-corrected chi connectivity index (χ4v) is 2.72. The van der Waals surface area contributed by atoms with Crippen molar-refractivity contribution in [2.24, 2.45) is 5.92 Å². The minimum absolute atomic E-state index is 0.517. The number of nitrogens with zero attached hydrogens (tertiary/aromatic N) is 1. The third-order valence-corrected chi connectivity index (χ3v) is 3.76. The van der Waals surface area contributed by atoms with Gasteiger partial charge >= 0.3 is 0 Å². The minimum atomic E-state index is 0.517. The van der Waals surface area contributed by atoms with Crippen LogP contribution in [0, 0.1) is 5.92 Å². The zero-order valence-electron chi connectivity index (χ0n) is 10.1. The van der Waals surface area contributed by atoms with E-state index in [4.69, 9.17) is 10.3 Å². The van der Waals surface area contributed by atoms with Crippen LogP contribution in [0.15, 0.2) is 10.6 Å². The Balaban J connectivity index is 1.81. The van der Waals surface area contributed by atoms with Gasteiger partial charge in [-0.1, -0.05) is 31.3 Å². The highest BCUT2D eigenvalue weighted by Crippen LogP contribution is 2.37. The van der Waals surface area contributed by atoms with Gasteiger partial charge in [0.15, 0.2) is 5.82 Å².